The molecular formula is C19H21NO4. The van der Waals surface area contributed by atoms with Crippen LogP contribution in [0, 0.1) is 0 Å². The summed E-state index contributed by atoms with van der Waals surface area (Å²) >= 11 is 0. The number of anilines is 1. The van der Waals surface area contributed by atoms with Gasteiger partial charge in [0.1, 0.15) is 11.5 Å². The molecule has 0 saturated carbocycles. The quantitative estimate of drug-likeness (QED) is 0.751. The zero-order valence-corrected chi connectivity index (χ0v) is 13.9. The van der Waals surface area contributed by atoms with Crippen molar-refractivity contribution in [3.8, 4) is 11.5 Å². The number of Topliss-reactive ketones (excluding diaryl/α,β-unsaturated/α-hetero) is 1. The van der Waals surface area contributed by atoms with Crippen molar-refractivity contribution in [3.63, 3.8) is 0 Å². The largest absolute Gasteiger partial charge is 0.497 e. The van der Waals surface area contributed by atoms with Crippen molar-refractivity contribution in [2.75, 3.05) is 19.0 Å². The first-order valence-electron chi connectivity index (χ1n) is 7.82. The Morgan fingerprint density at radius 2 is 1.75 bits per heavy atom. The van der Waals surface area contributed by atoms with Gasteiger partial charge >= 0.3 is 0 Å². The summed E-state index contributed by atoms with van der Waals surface area (Å²) in [6.07, 6.45) is 0.277. The summed E-state index contributed by atoms with van der Waals surface area (Å²) in [5, 5.41) is 2.77. The first-order valence-corrected chi connectivity index (χ1v) is 7.82. The monoisotopic (exact) mass is 327 g/mol. The highest BCUT2D eigenvalue weighted by Gasteiger charge is 2.10. The SMILES string of the molecule is CCOc1ccc(NC(=O)CCC(=O)c2cccc(OC)c2)cc1. The molecule has 2 aromatic carbocycles. The van der Waals surface area contributed by atoms with Gasteiger partial charge < -0.3 is 14.8 Å². The Bertz CT molecular complexity index is 695. The van der Waals surface area contributed by atoms with Crippen molar-refractivity contribution in [2.24, 2.45) is 0 Å². The minimum atomic E-state index is -0.199. The lowest BCUT2D eigenvalue weighted by molar-refractivity contribution is -0.116. The fourth-order valence-electron chi connectivity index (χ4n) is 2.19. The van der Waals surface area contributed by atoms with Crippen molar-refractivity contribution in [3.05, 3.63) is 54.1 Å². The Balaban J connectivity index is 1.84. The second-order valence-electron chi connectivity index (χ2n) is 5.16. The Kier molecular flexibility index (Phi) is 6.37. The second kappa shape index (κ2) is 8.72. The molecule has 0 aromatic heterocycles. The van der Waals surface area contributed by atoms with Crippen LogP contribution in [0.4, 0.5) is 5.69 Å². The van der Waals surface area contributed by atoms with Gasteiger partial charge in [-0.2, -0.15) is 0 Å². The number of ether oxygens (including phenoxy) is 2. The Morgan fingerprint density at radius 3 is 2.42 bits per heavy atom. The third-order valence-electron chi connectivity index (χ3n) is 3.42. The van der Waals surface area contributed by atoms with Gasteiger partial charge in [-0.1, -0.05) is 12.1 Å². The number of ketones is 1. The van der Waals surface area contributed by atoms with Crippen molar-refractivity contribution >= 4 is 17.4 Å². The van der Waals surface area contributed by atoms with Gasteiger partial charge in [0, 0.05) is 24.1 Å². The van der Waals surface area contributed by atoms with Crippen LogP contribution < -0.4 is 14.8 Å². The van der Waals surface area contributed by atoms with Gasteiger partial charge in [0.15, 0.2) is 5.78 Å². The number of carbonyl (C=O) groups is 2. The third kappa shape index (κ3) is 5.12. The van der Waals surface area contributed by atoms with Crippen LogP contribution in [0.25, 0.3) is 0 Å². The first-order chi connectivity index (χ1) is 11.6. The van der Waals surface area contributed by atoms with Crippen LogP contribution in [0.15, 0.2) is 48.5 Å². The Morgan fingerprint density at radius 1 is 1.00 bits per heavy atom. The van der Waals surface area contributed by atoms with E-state index in [0.717, 1.165) is 5.75 Å². The molecule has 0 saturated heterocycles. The van der Waals surface area contributed by atoms with Gasteiger partial charge in [0.25, 0.3) is 0 Å². The van der Waals surface area contributed by atoms with Crippen LogP contribution in [-0.4, -0.2) is 25.4 Å². The number of hydrogen-bond donors (Lipinski definition) is 1. The van der Waals surface area contributed by atoms with E-state index in [1.807, 2.05) is 6.92 Å². The maximum absolute atomic E-state index is 12.1. The van der Waals surface area contributed by atoms with Gasteiger partial charge in [-0.05, 0) is 43.3 Å². The summed E-state index contributed by atoms with van der Waals surface area (Å²) in [6, 6.07) is 14.0. The predicted octanol–water partition coefficient (Wildman–Crippen LogP) is 3.70. The van der Waals surface area contributed by atoms with Crippen LogP contribution in [-0.2, 0) is 4.79 Å². The third-order valence-corrected chi connectivity index (χ3v) is 3.42. The molecule has 24 heavy (non-hydrogen) atoms. The summed E-state index contributed by atoms with van der Waals surface area (Å²) in [4.78, 5) is 24.1. The molecular weight excluding hydrogens is 306 g/mol. The fraction of sp³-hybridized carbons (Fsp3) is 0.263. The number of nitrogens with one attached hydrogen (secondary N) is 1. The molecule has 5 heteroatoms. The zero-order chi connectivity index (χ0) is 17.4. The summed E-state index contributed by atoms with van der Waals surface area (Å²) in [6.45, 7) is 2.51. The molecule has 0 aliphatic rings. The average molecular weight is 327 g/mol. The minimum Gasteiger partial charge on any atom is -0.497 e. The van der Waals surface area contributed by atoms with Gasteiger partial charge in [-0.3, -0.25) is 9.59 Å². The number of benzene rings is 2. The summed E-state index contributed by atoms with van der Waals surface area (Å²) in [5.74, 6) is 1.09. The normalized spacial score (nSPS) is 10.1. The second-order valence-corrected chi connectivity index (χ2v) is 5.16. The molecule has 1 N–H and O–H groups in total. The topological polar surface area (TPSA) is 64.6 Å². The van der Waals surface area contributed by atoms with Crippen molar-refractivity contribution < 1.29 is 19.1 Å². The maximum Gasteiger partial charge on any atom is 0.224 e. The number of hydrogen-bond acceptors (Lipinski definition) is 4. The highest BCUT2D eigenvalue weighted by atomic mass is 16.5. The van der Waals surface area contributed by atoms with Gasteiger partial charge in [0.05, 0.1) is 13.7 Å². The number of amides is 1. The van der Waals surface area contributed by atoms with Gasteiger partial charge in [-0.25, -0.2) is 0 Å². The van der Waals surface area contributed by atoms with Gasteiger partial charge in [0.2, 0.25) is 5.91 Å². The van der Waals surface area contributed by atoms with Crippen molar-refractivity contribution in [1.29, 1.82) is 0 Å². The lowest BCUT2D eigenvalue weighted by Gasteiger charge is -2.07. The molecule has 0 fully saturated rings. The molecule has 126 valence electrons. The summed E-state index contributed by atoms with van der Waals surface area (Å²) < 4.78 is 10.4. The lowest BCUT2D eigenvalue weighted by atomic mass is 10.1. The molecule has 0 aliphatic carbocycles. The molecule has 0 unspecified atom stereocenters. The molecule has 2 aromatic rings. The standard InChI is InChI=1S/C19H21NO4/c1-3-24-16-9-7-15(8-10-16)20-19(22)12-11-18(21)14-5-4-6-17(13-14)23-2/h4-10,13H,3,11-12H2,1-2H3,(H,20,22). The highest BCUT2D eigenvalue weighted by Crippen LogP contribution is 2.17. The molecule has 1 amide bonds. The van der Waals surface area contributed by atoms with Gasteiger partial charge in [-0.15, -0.1) is 0 Å². The smallest absolute Gasteiger partial charge is 0.224 e. The fourth-order valence-corrected chi connectivity index (χ4v) is 2.19. The predicted molar refractivity (Wildman–Crippen MR) is 92.8 cm³/mol. The Hall–Kier alpha value is -2.82. The summed E-state index contributed by atoms with van der Waals surface area (Å²) in [5.41, 5.74) is 1.22. The van der Waals surface area contributed by atoms with E-state index in [-0.39, 0.29) is 24.5 Å². The van der Waals surface area contributed by atoms with E-state index < -0.39 is 0 Å². The summed E-state index contributed by atoms with van der Waals surface area (Å²) in [7, 11) is 1.55. The van der Waals surface area contributed by atoms with E-state index in [1.54, 1.807) is 55.6 Å². The Labute approximate surface area is 141 Å². The molecule has 0 aliphatic heterocycles. The lowest BCUT2D eigenvalue weighted by Crippen LogP contribution is -2.13. The van der Waals surface area contributed by atoms with E-state index >= 15 is 0 Å². The van der Waals surface area contributed by atoms with E-state index in [0.29, 0.717) is 23.6 Å². The van der Waals surface area contributed by atoms with Crippen LogP contribution in [0.5, 0.6) is 11.5 Å². The molecule has 0 heterocycles. The first kappa shape index (κ1) is 17.5. The molecule has 0 spiro atoms. The minimum absolute atomic E-state index is 0.0873. The van der Waals surface area contributed by atoms with E-state index in [4.69, 9.17) is 9.47 Å². The maximum atomic E-state index is 12.1. The molecule has 0 radical (unpaired) electrons. The van der Waals surface area contributed by atoms with Crippen LogP contribution in [0.1, 0.15) is 30.1 Å². The molecule has 0 atom stereocenters. The highest BCUT2D eigenvalue weighted by molar-refractivity contribution is 6.00. The van der Waals surface area contributed by atoms with E-state index in [2.05, 4.69) is 5.32 Å². The van der Waals surface area contributed by atoms with E-state index in [9.17, 15) is 9.59 Å². The average Bonchev–Trinajstić information content (AvgIpc) is 2.61. The number of carbonyl (C=O) groups excluding carboxylic acids is 2. The van der Waals surface area contributed by atoms with Crippen molar-refractivity contribution in [1.82, 2.24) is 0 Å². The molecule has 2 rings (SSSR count). The number of rotatable bonds is 8. The van der Waals surface area contributed by atoms with Crippen LogP contribution >= 0.6 is 0 Å². The van der Waals surface area contributed by atoms with Crippen molar-refractivity contribution in [2.45, 2.75) is 19.8 Å². The van der Waals surface area contributed by atoms with Crippen LogP contribution in [0.3, 0.4) is 0 Å². The molecule has 5 nitrogen and oxygen atoms in total. The zero-order valence-electron chi connectivity index (χ0n) is 13.9. The number of methoxy groups -OCH3 is 1. The molecule has 0 bridgehead atoms. The van der Waals surface area contributed by atoms with Crippen LogP contribution in [0.2, 0.25) is 0 Å². The van der Waals surface area contributed by atoms with E-state index in [1.165, 1.54) is 0 Å².